The van der Waals surface area contributed by atoms with Crippen molar-refractivity contribution in [2.45, 2.75) is 33.7 Å². The van der Waals surface area contributed by atoms with E-state index in [2.05, 4.69) is 34.7 Å². The monoisotopic (exact) mass is 421 g/mol. The van der Waals surface area contributed by atoms with Crippen molar-refractivity contribution in [1.29, 1.82) is 0 Å². The summed E-state index contributed by atoms with van der Waals surface area (Å²) in [6, 6.07) is 2.19. The zero-order chi connectivity index (χ0) is 22.0. The number of allylic oxidation sites excluding steroid dienone is 2. The number of hydrogen-bond donors (Lipinski definition) is 1. The Kier molecular flexibility index (Phi) is 6.18. The lowest BCUT2D eigenvalue weighted by Gasteiger charge is -2.33. The molecular weight excluding hydrogens is 390 g/mol. The molecule has 0 aromatic carbocycles. The smallest absolute Gasteiger partial charge is 0.227 e. The van der Waals surface area contributed by atoms with Crippen molar-refractivity contribution in [3.8, 4) is 0 Å². The van der Waals surface area contributed by atoms with Crippen LogP contribution in [0.2, 0.25) is 0 Å². The molecule has 31 heavy (non-hydrogen) atoms. The van der Waals surface area contributed by atoms with Gasteiger partial charge in [-0.1, -0.05) is 0 Å². The summed E-state index contributed by atoms with van der Waals surface area (Å²) in [6.45, 7) is 10.8. The van der Waals surface area contributed by atoms with E-state index in [1.807, 2.05) is 13.1 Å². The molecule has 0 bridgehead atoms. The number of pyridine rings is 1. The van der Waals surface area contributed by atoms with Crippen molar-refractivity contribution in [3.63, 3.8) is 0 Å². The normalized spacial score (nSPS) is 17.7. The maximum absolute atomic E-state index is 6.09. The van der Waals surface area contributed by atoms with Gasteiger partial charge >= 0.3 is 0 Å². The molecule has 0 unspecified atom stereocenters. The largest absolute Gasteiger partial charge is 0.402 e. The van der Waals surface area contributed by atoms with E-state index in [4.69, 9.17) is 25.4 Å². The van der Waals surface area contributed by atoms with Crippen LogP contribution in [0.25, 0.3) is 5.57 Å². The Balaban J connectivity index is 1.66. The summed E-state index contributed by atoms with van der Waals surface area (Å²) in [6.07, 6.45) is 4.58. The number of anilines is 2. The Morgan fingerprint density at radius 1 is 1.16 bits per heavy atom. The predicted octanol–water partition coefficient (Wildman–Crippen LogP) is 2.28. The van der Waals surface area contributed by atoms with Crippen molar-refractivity contribution in [1.82, 2.24) is 15.0 Å². The first kappa shape index (κ1) is 21.2. The van der Waals surface area contributed by atoms with Crippen LogP contribution in [0.1, 0.15) is 35.0 Å². The molecule has 2 aromatic rings. The van der Waals surface area contributed by atoms with Crippen LogP contribution >= 0.6 is 0 Å². The minimum absolute atomic E-state index is 0.717. The number of fused-ring (bicyclic) bond motifs is 1. The number of rotatable bonds is 4. The van der Waals surface area contributed by atoms with Gasteiger partial charge in [0.2, 0.25) is 5.95 Å². The molecule has 0 aliphatic carbocycles. The van der Waals surface area contributed by atoms with E-state index in [1.54, 1.807) is 13.3 Å². The number of ether oxygens (including phenoxy) is 1. The van der Waals surface area contributed by atoms with Crippen molar-refractivity contribution in [3.05, 3.63) is 46.0 Å². The maximum atomic E-state index is 6.09. The van der Waals surface area contributed by atoms with E-state index in [0.29, 0.717) is 13.2 Å². The SMILES string of the molecule is CN=C/C(=C(/C)N)c1cnc2c(c1)CN(c1nc(N3CCOCC3)nc(C)c1C)CC2. The molecule has 0 amide bonds. The Hall–Kier alpha value is -3.00. The number of nitrogens with two attached hydrogens (primary N) is 1. The zero-order valence-electron chi connectivity index (χ0n) is 18.9. The summed E-state index contributed by atoms with van der Waals surface area (Å²) >= 11 is 0. The van der Waals surface area contributed by atoms with Gasteiger partial charge in [-0.25, -0.2) is 4.98 Å². The highest BCUT2D eigenvalue weighted by atomic mass is 16.5. The Morgan fingerprint density at radius 3 is 2.65 bits per heavy atom. The van der Waals surface area contributed by atoms with Gasteiger partial charge in [0.15, 0.2) is 0 Å². The van der Waals surface area contributed by atoms with E-state index < -0.39 is 0 Å². The second-order valence-corrected chi connectivity index (χ2v) is 8.14. The fourth-order valence-corrected chi connectivity index (χ4v) is 4.10. The van der Waals surface area contributed by atoms with Gasteiger partial charge in [-0.2, -0.15) is 4.98 Å². The van der Waals surface area contributed by atoms with E-state index in [0.717, 1.165) is 78.2 Å². The number of aryl methyl sites for hydroxylation is 1. The third-order valence-corrected chi connectivity index (χ3v) is 5.98. The van der Waals surface area contributed by atoms with Gasteiger partial charge in [-0.05, 0) is 32.4 Å². The second kappa shape index (κ2) is 9.01. The second-order valence-electron chi connectivity index (χ2n) is 8.14. The van der Waals surface area contributed by atoms with Crippen LogP contribution in [-0.2, 0) is 17.7 Å². The molecule has 2 aliphatic rings. The first-order valence-corrected chi connectivity index (χ1v) is 10.8. The highest BCUT2D eigenvalue weighted by molar-refractivity contribution is 6.10. The van der Waals surface area contributed by atoms with Crippen molar-refractivity contribution in [2.24, 2.45) is 10.7 Å². The minimum atomic E-state index is 0.717. The number of morpholine rings is 1. The van der Waals surface area contributed by atoms with Gasteiger partial charge < -0.3 is 20.3 Å². The molecule has 8 heteroatoms. The number of aromatic nitrogens is 3. The Morgan fingerprint density at radius 2 is 1.94 bits per heavy atom. The molecule has 0 radical (unpaired) electrons. The van der Waals surface area contributed by atoms with Crippen molar-refractivity contribution in [2.75, 3.05) is 49.7 Å². The Labute approximate surface area is 183 Å². The minimum Gasteiger partial charge on any atom is -0.402 e. The molecule has 4 heterocycles. The first-order valence-electron chi connectivity index (χ1n) is 10.8. The lowest BCUT2D eigenvalue weighted by molar-refractivity contribution is 0.122. The lowest BCUT2D eigenvalue weighted by atomic mass is 9.99. The molecule has 4 rings (SSSR count). The molecule has 164 valence electrons. The molecule has 8 nitrogen and oxygen atoms in total. The number of hydrogen-bond acceptors (Lipinski definition) is 8. The molecule has 2 aromatic heterocycles. The number of aliphatic imine (C=N–C) groups is 1. The fraction of sp³-hybridized carbons (Fsp3) is 0.478. The van der Waals surface area contributed by atoms with E-state index in [1.165, 1.54) is 5.56 Å². The van der Waals surface area contributed by atoms with Crippen LogP contribution in [0.3, 0.4) is 0 Å². The third-order valence-electron chi connectivity index (χ3n) is 5.98. The molecule has 2 N–H and O–H groups in total. The lowest BCUT2D eigenvalue weighted by Crippen LogP contribution is -2.38. The highest BCUT2D eigenvalue weighted by Crippen LogP contribution is 2.29. The van der Waals surface area contributed by atoms with Gasteiger partial charge in [0.25, 0.3) is 0 Å². The van der Waals surface area contributed by atoms with Crippen LogP contribution in [-0.4, -0.2) is 61.1 Å². The van der Waals surface area contributed by atoms with Crippen LogP contribution in [0.15, 0.2) is 23.0 Å². The molecule has 1 saturated heterocycles. The quantitative estimate of drug-likeness (QED) is 0.757. The fourth-order valence-electron chi connectivity index (χ4n) is 4.10. The van der Waals surface area contributed by atoms with Crippen LogP contribution in [0.4, 0.5) is 11.8 Å². The summed E-state index contributed by atoms with van der Waals surface area (Å²) in [5.74, 6) is 1.80. The van der Waals surface area contributed by atoms with Crippen molar-refractivity contribution >= 4 is 23.6 Å². The van der Waals surface area contributed by atoms with Crippen molar-refractivity contribution < 1.29 is 4.74 Å². The van der Waals surface area contributed by atoms with Crippen LogP contribution in [0.5, 0.6) is 0 Å². The van der Waals surface area contributed by atoms with E-state index >= 15 is 0 Å². The molecule has 0 atom stereocenters. The Bertz CT molecular complexity index is 1020. The summed E-state index contributed by atoms with van der Waals surface area (Å²) in [5, 5.41) is 0. The topological polar surface area (TPSA) is 92.8 Å². The first-order chi connectivity index (χ1) is 15.0. The summed E-state index contributed by atoms with van der Waals surface area (Å²) in [4.78, 5) is 23.2. The molecule has 0 spiro atoms. The summed E-state index contributed by atoms with van der Waals surface area (Å²) in [5.41, 5.74) is 13.2. The molecule has 2 aliphatic heterocycles. The predicted molar refractivity (Wildman–Crippen MR) is 125 cm³/mol. The van der Waals surface area contributed by atoms with E-state index in [9.17, 15) is 0 Å². The van der Waals surface area contributed by atoms with Gasteiger partial charge in [0.1, 0.15) is 5.82 Å². The third kappa shape index (κ3) is 4.39. The molecule has 0 saturated carbocycles. The van der Waals surface area contributed by atoms with Crippen LogP contribution < -0.4 is 15.5 Å². The maximum Gasteiger partial charge on any atom is 0.227 e. The number of nitrogens with zero attached hydrogens (tertiary/aromatic N) is 6. The molecule has 1 fully saturated rings. The highest BCUT2D eigenvalue weighted by Gasteiger charge is 2.24. The van der Waals surface area contributed by atoms with Gasteiger partial charge in [-0.3, -0.25) is 9.98 Å². The summed E-state index contributed by atoms with van der Waals surface area (Å²) in [7, 11) is 1.75. The zero-order valence-corrected chi connectivity index (χ0v) is 18.9. The van der Waals surface area contributed by atoms with Gasteiger partial charge in [0.05, 0.1) is 13.2 Å². The van der Waals surface area contributed by atoms with Gasteiger partial charge in [0, 0.05) is 85.8 Å². The van der Waals surface area contributed by atoms with Crippen LogP contribution in [0, 0.1) is 13.8 Å². The average molecular weight is 422 g/mol. The summed E-state index contributed by atoms with van der Waals surface area (Å²) < 4.78 is 5.49. The molecular formula is C23H31N7O. The van der Waals surface area contributed by atoms with E-state index in [-0.39, 0.29) is 0 Å². The van der Waals surface area contributed by atoms with Gasteiger partial charge in [-0.15, -0.1) is 0 Å². The standard InChI is InChI=1S/C23H31N7O/c1-15-17(3)27-23(29-7-9-31-10-8-29)28-22(15)30-6-5-21-19(14-30)11-18(12-26-21)20(13-25-4)16(2)24/h11-13H,5-10,14,24H2,1-4H3/b20-16+,25-13?. The average Bonchev–Trinajstić information content (AvgIpc) is 2.79.